The molecule has 0 aliphatic heterocycles. The topological polar surface area (TPSA) is 89.5 Å². The maximum Gasteiger partial charge on any atom is 0.540 e. The van der Waals surface area contributed by atoms with Gasteiger partial charge in [0.1, 0.15) is 11.2 Å². The van der Waals surface area contributed by atoms with Crippen LogP contribution in [0.2, 0.25) is 0 Å². The van der Waals surface area contributed by atoms with Crippen molar-refractivity contribution in [3.63, 3.8) is 0 Å². The average molecular weight is 350 g/mol. The molecule has 142 valence electrons. The molecular formula is C16H30O8. The van der Waals surface area contributed by atoms with Gasteiger partial charge in [0, 0.05) is 0 Å². The van der Waals surface area contributed by atoms with Crippen molar-refractivity contribution in [1.29, 1.82) is 0 Å². The summed E-state index contributed by atoms with van der Waals surface area (Å²) in [5, 5.41) is 0. The number of hydrogen-bond acceptors (Lipinski definition) is 8. The van der Waals surface area contributed by atoms with Crippen LogP contribution in [0.15, 0.2) is 0 Å². The minimum Gasteiger partial charge on any atom is -0.432 e. The van der Waals surface area contributed by atoms with Crippen LogP contribution in [0.25, 0.3) is 0 Å². The second-order valence-corrected chi connectivity index (χ2v) is 6.46. The Balaban J connectivity index is 3.60. The van der Waals surface area contributed by atoms with Crippen LogP contribution < -0.4 is 0 Å². The van der Waals surface area contributed by atoms with Crippen LogP contribution in [0, 0.1) is 0 Å². The summed E-state index contributed by atoms with van der Waals surface area (Å²) in [6, 6.07) is 0. The fourth-order valence-electron chi connectivity index (χ4n) is 0.975. The van der Waals surface area contributed by atoms with Crippen molar-refractivity contribution in [3.05, 3.63) is 0 Å². The molecule has 0 fully saturated rings. The molecule has 0 N–H and O–H groups in total. The Hall–Kier alpha value is -1.54. The molecule has 0 aromatic rings. The summed E-state index contributed by atoms with van der Waals surface area (Å²) >= 11 is 0. The van der Waals surface area contributed by atoms with Crippen molar-refractivity contribution in [2.75, 3.05) is 13.2 Å². The Morgan fingerprint density at radius 3 is 1.33 bits per heavy atom. The van der Waals surface area contributed by atoms with Gasteiger partial charge in [-0.2, -0.15) is 9.78 Å². The summed E-state index contributed by atoms with van der Waals surface area (Å²) in [6.45, 7) is 11.3. The number of carbonyl (C=O) groups is 2. The molecule has 0 radical (unpaired) electrons. The highest BCUT2D eigenvalue weighted by molar-refractivity contribution is 5.59. The number of hydrogen-bond donors (Lipinski definition) is 0. The van der Waals surface area contributed by atoms with E-state index in [2.05, 4.69) is 9.78 Å². The molecule has 0 aromatic carbocycles. The van der Waals surface area contributed by atoms with Crippen molar-refractivity contribution in [3.8, 4) is 0 Å². The van der Waals surface area contributed by atoms with E-state index in [1.807, 2.05) is 13.8 Å². The SMILES string of the molecule is CCC(C)(C)OOC(=O)OCCCCOC(=O)OOC(C)(C)CC. The van der Waals surface area contributed by atoms with Crippen LogP contribution in [0.4, 0.5) is 9.59 Å². The molecular weight excluding hydrogens is 320 g/mol. The third-order valence-corrected chi connectivity index (χ3v) is 3.35. The lowest BCUT2D eigenvalue weighted by atomic mass is 10.1. The summed E-state index contributed by atoms with van der Waals surface area (Å²) in [4.78, 5) is 41.5. The van der Waals surface area contributed by atoms with E-state index in [4.69, 9.17) is 19.2 Å². The quantitative estimate of drug-likeness (QED) is 0.236. The second kappa shape index (κ2) is 11.1. The lowest BCUT2D eigenvalue weighted by molar-refractivity contribution is -0.318. The van der Waals surface area contributed by atoms with Gasteiger partial charge in [0.2, 0.25) is 0 Å². The van der Waals surface area contributed by atoms with Gasteiger partial charge < -0.3 is 9.47 Å². The molecule has 0 bridgehead atoms. The Kier molecular flexibility index (Phi) is 10.4. The third-order valence-electron chi connectivity index (χ3n) is 3.35. The predicted octanol–water partition coefficient (Wildman–Crippen LogP) is 4.31. The molecule has 0 rings (SSSR count). The van der Waals surface area contributed by atoms with Crippen LogP contribution in [0.1, 0.15) is 67.2 Å². The molecule has 0 aliphatic rings. The normalized spacial score (nSPS) is 11.8. The fraction of sp³-hybridized carbons (Fsp3) is 0.875. The maximum absolute atomic E-state index is 11.3. The van der Waals surface area contributed by atoms with E-state index < -0.39 is 23.5 Å². The number of rotatable bonds is 11. The average Bonchev–Trinajstić information content (AvgIpc) is 2.54. The van der Waals surface area contributed by atoms with Crippen LogP contribution in [0.3, 0.4) is 0 Å². The van der Waals surface area contributed by atoms with E-state index in [9.17, 15) is 9.59 Å². The molecule has 0 aromatic heterocycles. The lowest BCUT2D eigenvalue weighted by Gasteiger charge is -2.20. The molecule has 0 aliphatic carbocycles. The van der Waals surface area contributed by atoms with E-state index in [0.717, 1.165) is 0 Å². The van der Waals surface area contributed by atoms with Gasteiger partial charge in [-0.05, 0) is 53.4 Å². The zero-order valence-electron chi connectivity index (χ0n) is 15.5. The molecule has 0 atom stereocenters. The zero-order valence-corrected chi connectivity index (χ0v) is 15.5. The maximum atomic E-state index is 11.3. The number of unbranched alkanes of at least 4 members (excludes halogenated alkanes) is 1. The number of ether oxygens (including phenoxy) is 2. The van der Waals surface area contributed by atoms with Crippen LogP contribution >= 0.6 is 0 Å². The number of carbonyl (C=O) groups excluding carboxylic acids is 2. The molecule has 0 unspecified atom stereocenters. The second-order valence-electron chi connectivity index (χ2n) is 6.46. The third kappa shape index (κ3) is 12.0. The smallest absolute Gasteiger partial charge is 0.432 e. The van der Waals surface area contributed by atoms with E-state index in [1.54, 1.807) is 27.7 Å². The first-order valence-electron chi connectivity index (χ1n) is 8.16. The minimum atomic E-state index is -0.896. The summed E-state index contributed by atoms with van der Waals surface area (Å²) in [5.74, 6) is 0. The highest BCUT2D eigenvalue weighted by atomic mass is 17.2. The standard InChI is InChI=1S/C16H30O8/c1-7-15(3,4)23-21-13(17)19-11-9-10-12-20-14(18)22-24-16(5,6)8-2/h7-12H2,1-6H3. The zero-order chi connectivity index (χ0) is 18.6. The Bertz CT molecular complexity index is 342. The van der Waals surface area contributed by atoms with Gasteiger partial charge in [0.25, 0.3) is 0 Å². The highest BCUT2D eigenvalue weighted by Gasteiger charge is 2.21. The van der Waals surface area contributed by atoms with Crippen molar-refractivity contribution in [2.24, 2.45) is 0 Å². The molecule has 0 spiro atoms. The summed E-state index contributed by atoms with van der Waals surface area (Å²) in [5.41, 5.74) is -1.11. The van der Waals surface area contributed by atoms with Crippen LogP contribution in [-0.2, 0) is 29.0 Å². The van der Waals surface area contributed by atoms with Gasteiger partial charge in [-0.25, -0.2) is 9.59 Å². The Labute approximate surface area is 143 Å². The van der Waals surface area contributed by atoms with Gasteiger partial charge in [-0.1, -0.05) is 13.8 Å². The molecule has 8 heteroatoms. The van der Waals surface area contributed by atoms with Gasteiger partial charge in [-0.15, -0.1) is 0 Å². The van der Waals surface area contributed by atoms with Gasteiger partial charge in [0.15, 0.2) is 0 Å². The fourth-order valence-corrected chi connectivity index (χ4v) is 0.975. The predicted molar refractivity (Wildman–Crippen MR) is 85.0 cm³/mol. The van der Waals surface area contributed by atoms with E-state index in [0.29, 0.717) is 25.7 Å². The summed E-state index contributed by atoms with van der Waals surface area (Å²) in [6.07, 6.45) is 0.584. The summed E-state index contributed by atoms with van der Waals surface area (Å²) < 4.78 is 9.63. The first-order chi connectivity index (χ1) is 11.1. The van der Waals surface area contributed by atoms with E-state index in [-0.39, 0.29) is 13.2 Å². The van der Waals surface area contributed by atoms with Crippen LogP contribution in [-0.4, -0.2) is 36.7 Å². The molecule has 24 heavy (non-hydrogen) atoms. The highest BCUT2D eigenvalue weighted by Crippen LogP contribution is 2.15. The first-order valence-corrected chi connectivity index (χ1v) is 8.16. The van der Waals surface area contributed by atoms with Crippen LogP contribution in [0.5, 0.6) is 0 Å². The minimum absolute atomic E-state index is 0.131. The molecule has 0 heterocycles. The van der Waals surface area contributed by atoms with Crippen molar-refractivity contribution in [2.45, 2.75) is 78.4 Å². The van der Waals surface area contributed by atoms with E-state index in [1.165, 1.54) is 0 Å². The first kappa shape index (κ1) is 22.5. The van der Waals surface area contributed by atoms with Crippen molar-refractivity contribution in [1.82, 2.24) is 0 Å². The largest absolute Gasteiger partial charge is 0.540 e. The monoisotopic (exact) mass is 350 g/mol. The Morgan fingerprint density at radius 2 is 1.04 bits per heavy atom. The molecule has 0 saturated carbocycles. The van der Waals surface area contributed by atoms with Gasteiger partial charge in [-0.3, -0.25) is 9.78 Å². The van der Waals surface area contributed by atoms with Gasteiger partial charge >= 0.3 is 12.3 Å². The molecule has 0 saturated heterocycles. The molecule has 0 amide bonds. The molecule has 8 nitrogen and oxygen atoms in total. The van der Waals surface area contributed by atoms with Crippen molar-refractivity contribution < 1.29 is 38.6 Å². The van der Waals surface area contributed by atoms with Gasteiger partial charge in [0.05, 0.1) is 13.2 Å². The van der Waals surface area contributed by atoms with Crippen molar-refractivity contribution >= 4 is 12.3 Å². The van der Waals surface area contributed by atoms with E-state index >= 15 is 0 Å². The lowest BCUT2D eigenvalue weighted by Crippen LogP contribution is -2.25. The Morgan fingerprint density at radius 1 is 0.708 bits per heavy atom. The summed E-state index contributed by atoms with van der Waals surface area (Å²) in [7, 11) is 0.